The van der Waals surface area contributed by atoms with E-state index in [1.54, 1.807) is 19.1 Å². The maximum Gasteiger partial charge on any atom is 0.262 e. The van der Waals surface area contributed by atoms with E-state index in [1.807, 2.05) is 13.0 Å². The monoisotopic (exact) mass is 430 g/mol. The second-order valence-corrected chi connectivity index (χ2v) is 8.52. The molecular formula is C22H20F2N2O3S. The minimum absolute atomic E-state index is 0.0289. The summed E-state index contributed by atoms with van der Waals surface area (Å²) >= 11 is 0. The van der Waals surface area contributed by atoms with Crippen molar-refractivity contribution in [1.29, 1.82) is 0 Å². The van der Waals surface area contributed by atoms with Crippen LogP contribution in [0.5, 0.6) is 0 Å². The molecule has 0 unspecified atom stereocenters. The van der Waals surface area contributed by atoms with Gasteiger partial charge in [0.1, 0.15) is 11.6 Å². The summed E-state index contributed by atoms with van der Waals surface area (Å²) in [6, 6.07) is 14.0. The lowest BCUT2D eigenvalue weighted by atomic mass is 10.1. The van der Waals surface area contributed by atoms with E-state index in [0.717, 1.165) is 23.8 Å². The molecule has 8 heteroatoms. The van der Waals surface area contributed by atoms with Gasteiger partial charge in [-0.15, -0.1) is 0 Å². The van der Waals surface area contributed by atoms with E-state index in [2.05, 4.69) is 10.0 Å². The second-order valence-electron chi connectivity index (χ2n) is 6.87. The second kappa shape index (κ2) is 8.62. The van der Waals surface area contributed by atoms with E-state index in [1.165, 1.54) is 24.3 Å². The molecule has 1 amide bonds. The Labute approximate surface area is 173 Å². The first kappa shape index (κ1) is 21.4. The quantitative estimate of drug-likeness (QED) is 0.612. The zero-order valence-electron chi connectivity index (χ0n) is 16.4. The molecule has 156 valence electrons. The van der Waals surface area contributed by atoms with Gasteiger partial charge in [0.05, 0.1) is 4.90 Å². The predicted molar refractivity (Wildman–Crippen MR) is 111 cm³/mol. The van der Waals surface area contributed by atoms with Crippen LogP contribution in [-0.4, -0.2) is 14.3 Å². The lowest BCUT2D eigenvalue weighted by Crippen LogP contribution is -2.23. The molecule has 3 aromatic carbocycles. The number of hydrogen-bond donors (Lipinski definition) is 2. The van der Waals surface area contributed by atoms with Crippen molar-refractivity contribution >= 4 is 21.6 Å². The normalized spacial score (nSPS) is 11.2. The van der Waals surface area contributed by atoms with Crippen LogP contribution >= 0.6 is 0 Å². The maximum absolute atomic E-state index is 13.6. The van der Waals surface area contributed by atoms with Crippen LogP contribution in [0.25, 0.3) is 0 Å². The smallest absolute Gasteiger partial charge is 0.262 e. The molecule has 30 heavy (non-hydrogen) atoms. The fourth-order valence-corrected chi connectivity index (χ4v) is 4.24. The van der Waals surface area contributed by atoms with Gasteiger partial charge in [-0.2, -0.15) is 0 Å². The Balaban J connectivity index is 1.69. The van der Waals surface area contributed by atoms with E-state index in [-0.39, 0.29) is 22.6 Å². The van der Waals surface area contributed by atoms with Crippen molar-refractivity contribution in [2.45, 2.75) is 25.3 Å². The van der Waals surface area contributed by atoms with Gasteiger partial charge in [-0.05, 0) is 73.5 Å². The van der Waals surface area contributed by atoms with E-state index >= 15 is 0 Å². The van der Waals surface area contributed by atoms with Gasteiger partial charge in [-0.3, -0.25) is 9.52 Å². The third-order valence-electron chi connectivity index (χ3n) is 4.48. The Morgan fingerprint density at radius 1 is 0.933 bits per heavy atom. The van der Waals surface area contributed by atoms with E-state index < -0.39 is 27.6 Å². The molecule has 3 aromatic rings. The SMILES string of the molecule is Cc1ccc(C)c(S(=O)(=O)Nc2ccc(C(=O)NCc3cc(F)ccc3F)cc2)c1. The topological polar surface area (TPSA) is 75.3 Å². The van der Waals surface area contributed by atoms with Crippen LogP contribution in [0.3, 0.4) is 0 Å². The summed E-state index contributed by atoms with van der Waals surface area (Å²) in [7, 11) is -3.78. The number of rotatable bonds is 6. The van der Waals surface area contributed by atoms with Gasteiger partial charge in [-0.25, -0.2) is 17.2 Å². The van der Waals surface area contributed by atoms with Crippen molar-refractivity contribution < 1.29 is 22.0 Å². The zero-order chi connectivity index (χ0) is 21.9. The molecule has 0 fully saturated rings. The lowest BCUT2D eigenvalue weighted by molar-refractivity contribution is 0.0950. The van der Waals surface area contributed by atoms with Gasteiger partial charge in [0, 0.05) is 23.4 Å². The summed E-state index contributed by atoms with van der Waals surface area (Å²) in [6.45, 7) is 3.34. The molecule has 5 nitrogen and oxygen atoms in total. The Hall–Kier alpha value is -3.26. The standard InChI is InChI=1S/C22H20F2N2O3S/c1-14-3-4-15(2)21(11-14)30(28,29)26-19-8-5-16(6-9-19)22(27)25-13-17-12-18(23)7-10-20(17)24/h3-12,26H,13H2,1-2H3,(H,25,27). The number of amides is 1. The molecule has 2 N–H and O–H groups in total. The van der Waals surface area contributed by atoms with Crippen molar-refractivity contribution in [2.75, 3.05) is 4.72 Å². The Kier molecular flexibility index (Phi) is 6.17. The average Bonchev–Trinajstić information content (AvgIpc) is 2.70. The lowest BCUT2D eigenvalue weighted by Gasteiger charge is -2.12. The van der Waals surface area contributed by atoms with E-state index in [0.29, 0.717) is 11.3 Å². The summed E-state index contributed by atoms with van der Waals surface area (Å²) in [6.07, 6.45) is 0. The van der Waals surface area contributed by atoms with Crippen molar-refractivity contribution in [2.24, 2.45) is 0 Å². The Bertz CT molecular complexity index is 1190. The van der Waals surface area contributed by atoms with Crippen LogP contribution in [0.1, 0.15) is 27.0 Å². The number of carbonyl (C=O) groups excluding carboxylic acids is 1. The highest BCUT2D eigenvalue weighted by Crippen LogP contribution is 2.21. The first-order chi connectivity index (χ1) is 14.2. The molecule has 0 radical (unpaired) electrons. The third kappa shape index (κ3) is 5.01. The summed E-state index contributed by atoms with van der Waals surface area (Å²) in [5.74, 6) is -1.71. The van der Waals surface area contributed by atoms with Crippen LogP contribution in [-0.2, 0) is 16.6 Å². The van der Waals surface area contributed by atoms with Crippen LogP contribution in [0.2, 0.25) is 0 Å². The molecule has 0 aliphatic carbocycles. The number of aryl methyl sites for hydroxylation is 2. The van der Waals surface area contributed by atoms with Crippen molar-refractivity contribution in [3.05, 3.63) is 94.6 Å². The summed E-state index contributed by atoms with van der Waals surface area (Å²) in [5.41, 5.74) is 2.02. The summed E-state index contributed by atoms with van der Waals surface area (Å²) < 4.78 is 54.7. The van der Waals surface area contributed by atoms with Gasteiger partial charge < -0.3 is 5.32 Å². The largest absolute Gasteiger partial charge is 0.348 e. The van der Waals surface area contributed by atoms with Crippen molar-refractivity contribution in [3.8, 4) is 0 Å². The van der Waals surface area contributed by atoms with Gasteiger partial charge in [0.2, 0.25) is 0 Å². The van der Waals surface area contributed by atoms with Crippen LogP contribution < -0.4 is 10.0 Å². The highest BCUT2D eigenvalue weighted by Gasteiger charge is 2.17. The maximum atomic E-state index is 13.6. The third-order valence-corrected chi connectivity index (χ3v) is 6.00. The fourth-order valence-electron chi connectivity index (χ4n) is 2.85. The summed E-state index contributed by atoms with van der Waals surface area (Å²) in [5, 5.41) is 2.51. The molecule has 0 aromatic heterocycles. The van der Waals surface area contributed by atoms with Gasteiger partial charge in [-0.1, -0.05) is 12.1 Å². The number of carbonyl (C=O) groups is 1. The van der Waals surface area contributed by atoms with Crippen LogP contribution in [0.15, 0.2) is 65.6 Å². The zero-order valence-corrected chi connectivity index (χ0v) is 17.2. The Morgan fingerprint density at radius 2 is 1.63 bits per heavy atom. The molecule has 0 aliphatic heterocycles. The van der Waals surface area contributed by atoms with Gasteiger partial charge in [0.25, 0.3) is 15.9 Å². The van der Waals surface area contributed by atoms with Gasteiger partial charge in [0.15, 0.2) is 0 Å². The molecule has 0 atom stereocenters. The number of halogens is 2. The highest BCUT2D eigenvalue weighted by atomic mass is 32.2. The number of benzene rings is 3. The molecule has 0 bridgehead atoms. The molecular weight excluding hydrogens is 410 g/mol. The number of nitrogens with one attached hydrogen (secondary N) is 2. The van der Waals surface area contributed by atoms with Crippen molar-refractivity contribution in [3.63, 3.8) is 0 Å². The first-order valence-electron chi connectivity index (χ1n) is 9.08. The van der Waals surface area contributed by atoms with E-state index in [9.17, 15) is 22.0 Å². The molecule has 3 rings (SSSR count). The number of anilines is 1. The molecule has 0 saturated carbocycles. The number of sulfonamides is 1. The molecule has 0 saturated heterocycles. The molecule has 0 heterocycles. The minimum Gasteiger partial charge on any atom is -0.348 e. The first-order valence-corrected chi connectivity index (χ1v) is 10.6. The van der Waals surface area contributed by atoms with Crippen LogP contribution in [0, 0.1) is 25.5 Å². The number of hydrogen-bond acceptors (Lipinski definition) is 3. The van der Waals surface area contributed by atoms with Crippen molar-refractivity contribution in [1.82, 2.24) is 5.32 Å². The van der Waals surface area contributed by atoms with Gasteiger partial charge >= 0.3 is 0 Å². The average molecular weight is 430 g/mol. The molecule has 0 spiro atoms. The Morgan fingerprint density at radius 3 is 2.33 bits per heavy atom. The van der Waals surface area contributed by atoms with E-state index in [4.69, 9.17) is 0 Å². The highest BCUT2D eigenvalue weighted by molar-refractivity contribution is 7.92. The predicted octanol–water partition coefficient (Wildman–Crippen LogP) is 4.31. The van der Waals surface area contributed by atoms with Crippen LogP contribution in [0.4, 0.5) is 14.5 Å². The fraction of sp³-hybridized carbons (Fsp3) is 0.136. The summed E-state index contributed by atoms with van der Waals surface area (Å²) in [4.78, 5) is 12.4. The minimum atomic E-state index is -3.78. The molecule has 0 aliphatic rings.